The van der Waals surface area contributed by atoms with Gasteiger partial charge in [-0.1, -0.05) is 0 Å². The number of aryl methyl sites for hydroxylation is 1. The number of esters is 1. The van der Waals surface area contributed by atoms with Gasteiger partial charge in [-0.25, -0.2) is 19.7 Å². The number of anilines is 1. The van der Waals surface area contributed by atoms with Crippen molar-refractivity contribution in [1.82, 2.24) is 19.9 Å². The Balaban J connectivity index is 1.57. The quantitative estimate of drug-likeness (QED) is 0.590. The number of hydrogen-bond acceptors (Lipinski definition) is 9. The van der Waals surface area contributed by atoms with Crippen molar-refractivity contribution in [3.8, 4) is 0 Å². The lowest BCUT2D eigenvalue weighted by Gasteiger charge is -2.23. The molecule has 3 aromatic rings. The highest BCUT2D eigenvalue weighted by atomic mass is 32.1. The molecule has 0 aromatic carbocycles. The normalized spacial score (nSPS) is 15.7. The predicted octanol–water partition coefficient (Wildman–Crippen LogP) is 3.35. The maximum atomic E-state index is 12.3. The molecule has 3 aromatic heterocycles. The van der Waals surface area contributed by atoms with E-state index in [1.54, 1.807) is 17.7 Å². The van der Waals surface area contributed by atoms with Crippen LogP contribution in [0.3, 0.4) is 0 Å². The summed E-state index contributed by atoms with van der Waals surface area (Å²) in [7, 11) is 0. The van der Waals surface area contributed by atoms with Crippen molar-refractivity contribution < 1.29 is 9.53 Å². The van der Waals surface area contributed by atoms with Crippen LogP contribution in [0.15, 0.2) is 17.2 Å². The molecule has 148 valence electrons. The van der Waals surface area contributed by atoms with Crippen LogP contribution in [0.5, 0.6) is 0 Å². The number of thiophene rings is 1. The highest BCUT2D eigenvalue weighted by molar-refractivity contribution is 7.20. The molecule has 4 heterocycles. The van der Waals surface area contributed by atoms with Crippen LogP contribution in [-0.4, -0.2) is 58.6 Å². The Morgan fingerprint density at radius 3 is 2.89 bits per heavy atom. The number of aromatic nitrogens is 3. The highest BCUT2D eigenvalue weighted by Crippen LogP contribution is 2.35. The second-order valence-corrected chi connectivity index (χ2v) is 8.47. The van der Waals surface area contributed by atoms with Crippen LogP contribution >= 0.6 is 22.7 Å². The van der Waals surface area contributed by atoms with Crippen molar-refractivity contribution in [2.24, 2.45) is 0 Å². The van der Waals surface area contributed by atoms with Gasteiger partial charge in [0, 0.05) is 38.1 Å². The largest absolute Gasteiger partial charge is 0.462 e. The fourth-order valence-corrected chi connectivity index (χ4v) is 5.16. The molecule has 1 fully saturated rings. The smallest absolute Gasteiger partial charge is 0.348 e. The Labute approximate surface area is 172 Å². The molecule has 0 amide bonds. The average Bonchev–Trinajstić information content (AvgIpc) is 3.25. The molecule has 1 aliphatic rings. The molecule has 9 heteroatoms. The first-order valence-electron chi connectivity index (χ1n) is 9.43. The standard InChI is InChI=1S/C19H23N5O2S2/c1-3-26-19(25)16-13(2)15-17(20-11-21-18(15)28-16)24-6-4-5-23(7-8-24)9-14-10-27-12-22-14/h10-12H,3-9H2,1-2H3. The highest BCUT2D eigenvalue weighted by Gasteiger charge is 2.24. The fourth-order valence-electron chi connectivity index (χ4n) is 3.57. The first kappa shape index (κ1) is 19.2. The molecular formula is C19H23N5O2S2. The summed E-state index contributed by atoms with van der Waals surface area (Å²) >= 11 is 3.03. The van der Waals surface area contributed by atoms with Gasteiger partial charge in [0.1, 0.15) is 21.9 Å². The Kier molecular flexibility index (Phi) is 5.84. The minimum absolute atomic E-state index is 0.278. The number of rotatable bonds is 5. The van der Waals surface area contributed by atoms with Gasteiger partial charge in [-0.15, -0.1) is 22.7 Å². The third-order valence-electron chi connectivity index (χ3n) is 4.92. The molecule has 0 atom stereocenters. The summed E-state index contributed by atoms with van der Waals surface area (Å²) in [6, 6.07) is 0. The number of thiazole rings is 1. The van der Waals surface area contributed by atoms with E-state index in [0.717, 1.165) is 66.4 Å². The first-order valence-corrected chi connectivity index (χ1v) is 11.2. The van der Waals surface area contributed by atoms with E-state index in [9.17, 15) is 4.79 Å². The molecule has 28 heavy (non-hydrogen) atoms. The number of carbonyl (C=O) groups is 1. The van der Waals surface area contributed by atoms with E-state index in [-0.39, 0.29) is 5.97 Å². The van der Waals surface area contributed by atoms with Crippen LogP contribution in [0.4, 0.5) is 5.82 Å². The number of nitrogens with zero attached hydrogens (tertiary/aromatic N) is 5. The molecule has 7 nitrogen and oxygen atoms in total. The van der Waals surface area contributed by atoms with Gasteiger partial charge in [0.15, 0.2) is 0 Å². The fraction of sp³-hybridized carbons (Fsp3) is 0.474. The van der Waals surface area contributed by atoms with Crippen LogP contribution in [0.2, 0.25) is 0 Å². The van der Waals surface area contributed by atoms with Crippen molar-refractivity contribution in [3.05, 3.63) is 33.4 Å². The Morgan fingerprint density at radius 2 is 2.11 bits per heavy atom. The predicted molar refractivity (Wildman–Crippen MR) is 112 cm³/mol. The summed E-state index contributed by atoms with van der Waals surface area (Å²) in [5.74, 6) is 0.643. The van der Waals surface area contributed by atoms with Crippen LogP contribution in [-0.2, 0) is 11.3 Å². The summed E-state index contributed by atoms with van der Waals surface area (Å²) in [4.78, 5) is 31.9. The van der Waals surface area contributed by atoms with Crippen LogP contribution in [0, 0.1) is 6.92 Å². The Bertz CT molecular complexity index is 957. The molecule has 0 radical (unpaired) electrons. The van der Waals surface area contributed by atoms with Crippen LogP contribution in [0.25, 0.3) is 10.2 Å². The Morgan fingerprint density at radius 1 is 1.21 bits per heavy atom. The van der Waals surface area contributed by atoms with Gasteiger partial charge in [-0.3, -0.25) is 4.90 Å². The molecule has 0 N–H and O–H groups in total. The molecule has 0 aliphatic carbocycles. The SMILES string of the molecule is CCOC(=O)c1sc2ncnc(N3CCCN(Cc4cscn4)CC3)c2c1C. The molecule has 0 spiro atoms. The van der Waals surface area contributed by atoms with E-state index in [2.05, 4.69) is 30.1 Å². The summed E-state index contributed by atoms with van der Waals surface area (Å²) in [6.45, 7) is 8.86. The lowest BCUT2D eigenvalue weighted by atomic mass is 10.2. The molecule has 0 unspecified atom stereocenters. The van der Waals surface area contributed by atoms with Crippen LogP contribution in [0.1, 0.15) is 34.3 Å². The zero-order chi connectivity index (χ0) is 19.5. The van der Waals surface area contributed by atoms with Gasteiger partial charge in [-0.2, -0.15) is 0 Å². The van der Waals surface area contributed by atoms with Crippen molar-refractivity contribution in [3.63, 3.8) is 0 Å². The van der Waals surface area contributed by atoms with E-state index in [0.29, 0.717) is 11.5 Å². The lowest BCUT2D eigenvalue weighted by molar-refractivity contribution is 0.0531. The topological polar surface area (TPSA) is 71.5 Å². The third-order valence-corrected chi connectivity index (χ3v) is 6.74. The second-order valence-electron chi connectivity index (χ2n) is 6.75. The molecule has 0 bridgehead atoms. The maximum Gasteiger partial charge on any atom is 0.348 e. The number of fused-ring (bicyclic) bond motifs is 1. The third kappa shape index (κ3) is 3.87. The number of ether oxygens (including phenoxy) is 1. The molecule has 1 saturated heterocycles. The van der Waals surface area contributed by atoms with Crippen LogP contribution < -0.4 is 4.90 Å². The number of carbonyl (C=O) groups excluding carboxylic acids is 1. The average molecular weight is 418 g/mol. The monoisotopic (exact) mass is 417 g/mol. The second kappa shape index (κ2) is 8.50. The van der Waals surface area contributed by atoms with Gasteiger partial charge >= 0.3 is 5.97 Å². The van der Waals surface area contributed by atoms with Crippen molar-refractivity contribution in [1.29, 1.82) is 0 Å². The van der Waals surface area contributed by atoms with Gasteiger partial charge in [0.25, 0.3) is 0 Å². The van der Waals surface area contributed by atoms with Gasteiger partial charge in [0.2, 0.25) is 0 Å². The van der Waals surface area contributed by atoms with Crippen molar-refractivity contribution in [2.75, 3.05) is 37.7 Å². The summed E-state index contributed by atoms with van der Waals surface area (Å²) < 4.78 is 5.21. The zero-order valence-corrected chi connectivity index (χ0v) is 17.7. The Hall–Kier alpha value is -2.10. The maximum absolute atomic E-state index is 12.3. The first-order chi connectivity index (χ1) is 13.7. The molecule has 4 rings (SSSR count). The van der Waals surface area contributed by atoms with Gasteiger partial charge in [-0.05, 0) is 25.8 Å². The van der Waals surface area contributed by atoms with Crippen molar-refractivity contribution in [2.45, 2.75) is 26.8 Å². The van der Waals surface area contributed by atoms with E-state index < -0.39 is 0 Å². The number of hydrogen-bond donors (Lipinski definition) is 0. The summed E-state index contributed by atoms with van der Waals surface area (Å²) in [6.07, 6.45) is 2.66. The minimum Gasteiger partial charge on any atom is -0.462 e. The van der Waals surface area contributed by atoms with Gasteiger partial charge < -0.3 is 9.64 Å². The van der Waals surface area contributed by atoms with Crippen molar-refractivity contribution >= 4 is 44.7 Å². The van der Waals surface area contributed by atoms with E-state index in [1.807, 2.05) is 19.4 Å². The van der Waals surface area contributed by atoms with Gasteiger partial charge in [0.05, 0.1) is 23.2 Å². The summed E-state index contributed by atoms with van der Waals surface area (Å²) in [5.41, 5.74) is 3.94. The molecule has 1 aliphatic heterocycles. The van der Waals surface area contributed by atoms with E-state index in [4.69, 9.17) is 4.74 Å². The summed E-state index contributed by atoms with van der Waals surface area (Å²) in [5, 5.41) is 3.09. The molecular weight excluding hydrogens is 394 g/mol. The van der Waals surface area contributed by atoms with E-state index >= 15 is 0 Å². The lowest BCUT2D eigenvalue weighted by Crippen LogP contribution is -2.31. The van der Waals surface area contributed by atoms with E-state index in [1.165, 1.54) is 11.3 Å². The molecule has 0 saturated carbocycles. The minimum atomic E-state index is -0.278. The zero-order valence-electron chi connectivity index (χ0n) is 16.1.